The first-order valence-electron chi connectivity index (χ1n) is 9.68. The van der Waals surface area contributed by atoms with Crippen molar-refractivity contribution >= 4 is 17.9 Å². The fraction of sp³-hybridized carbons (Fsp3) is 0.571. The summed E-state index contributed by atoms with van der Waals surface area (Å²) in [6.45, 7) is 12.9. The summed E-state index contributed by atoms with van der Waals surface area (Å²) in [7, 11) is 0. The molecule has 0 aliphatic rings. The number of rotatable bonds is 16. The Hall–Kier alpha value is -2.61. The zero-order chi connectivity index (χ0) is 26.5. The van der Waals surface area contributed by atoms with Gasteiger partial charge in [0.05, 0.1) is 59.5 Å². The summed E-state index contributed by atoms with van der Waals surface area (Å²) in [5.74, 6) is -2.94. The van der Waals surface area contributed by atoms with Crippen molar-refractivity contribution in [1.29, 1.82) is 0 Å². The molecule has 0 fully saturated rings. The van der Waals surface area contributed by atoms with Crippen LogP contribution in [-0.4, -0.2) is 108 Å². The molecule has 0 aromatic carbocycles. The minimum Gasteiger partial charge on any atom is -0.478 e. The van der Waals surface area contributed by atoms with Crippen LogP contribution in [0.5, 0.6) is 0 Å². The maximum atomic E-state index is 9.25. The number of aliphatic hydroxyl groups is 3. The van der Waals surface area contributed by atoms with Crippen LogP contribution in [0, 0.1) is 5.41 Å². The van der Waals surface area contributed by atoms with Gasteiger partial charge in [0.15, 0.2) is 0 Å². The van der Waals surface area contributed by atoms with Crippen LogP contribution in [0.3, 0.4) is 0 Å². The smallest absolute Gasteiger partial charge is 0.327 e. The van der Waals surface area contributed by atoms with Crippen LogP contribution in [0.4, 0.5) is 0 Å². The molecule has 0 rings (SSSR count). The summed E-state index contributed by atoms with van der Waals surface area (Å²) in [6.07, 6.45) is 3.29. The van der Waals surface area contributed by atoms with Crippen molar-refractivity contribution in [2.45, 2.75) is 13.3 Å². The number of carboxylic acid groups (broad SMARTS) is 3. The Morgan fingerprint density at radius 1 is 0.667 bits per heavy atom. The van der Waals surface area contributed by atoms with Crippen LogP contribution in [-0.2, 0) is 28.6 Å². The second-order valence-electron chi connectivity index (χ2n) is 5.81. The summed E-state index contributed by atoms with van der Waals surface area (Å²) in [6, 6.07) is 0. The molecule has 0 aromatic heterocycles. The van der Waals surface area contributed by atoms with Crippen LogP contribution < -0.4 is 0 Å². The van der Waals surface area contributed by atoms with Gasteiger partial charge in [-0.15, -0.1) is 0 Å². The van der Waals surface area contributed by atoms with Gasteiger partial charge in [-0.3, -0.25) is 0 Å². The highest BCUT2D eigenvalue weighted by Gasteiger charge is 2.29. The molecular weight excluding hydrogens is 444 g/mol. The molecule has 0 bridgehead atoms. The van der Waals surface area contributed by atoms with Gasteiger partial charge >= 0.3 is 17.9 Å². The molecule has 0 amide bonds. The molecule has 0 spiro atoms. The third-order valence-corrected chi connectivity index (χ3v) is 3.21. The molecule has 194 valence electrons. The van der Waals surface area contributed by atoms with E-state index in [1.165, 1.54) is 0 Å². The fourth-order valence-corrected chi connectivity index (χ4v) is 1.49. The molecule has 0 aromatic rings. The van der Waals surface area contributed by atoms with E-state index < -0.39 is 17.9 Å². The van der Waals surface area contributed by atoms with Crippen molar-refractivity contribution in [2.24, 2.45) is 5.41 Å². The molecule has 0 radical (unpaired) electrons. The topological polar surface area (TPSA) is 200 Å². The third-order valence-electron chi connectivity index (χ3n) is 3.21. The summed E-state index contributed by atoms with van der Waals surface area (Å²) < 4.78 is 16.1. The lowest BCUT2D eigenvalue weighted by Gasteiger charge is -2.32. The lowest BCUT2D eigenvalue weighted by Crippen LogP contribution is -2.37. The van der Waals surface area contributed by atoms with E-state index >= 15 is 0 Å². The molecule has 0 heterocycles. The van der Waals surface area contributed by atoms with Gasteiger partial charge in [-0.2, -0.15) is 0 Å². The molecule has 33 heavy (non-hydrogen) atoms. The minimum atomic E-state index is -0.981. The number of aliphatic carboxylic acids is 3. The highest BCUT2D eigenvalue weighted by molar-refractivity contribution is 5.79. The van der Waals surface area contributed by atoms with Crippen LogP contribution in [0.25, 0.3) is 0 Å². The monoisotopic (exact) mass is 482 g/mol. The van der Waals surface area contributed by atoms with Crippen molar-refractivity contribution in [3.05, 3.63) is 38.0 Å². The van der Waals surface area contributed by atoms with Crippen molar-refractivity contribution in [3.63, 3.8) is 0 Å². The molecule has 12 heteroatoms. The average molecular weight is 483 g/mol. The molecule has 6 N–H and O–H groups in total. The van der Waals surface area contributed by atoms with Gasteiger partial charge in [0, 0.05) is 23.6 Å². The molecule has 0 unspecified atom stereocenters. The highest BCUT2D eigenvalue weighted by Crippen LogP contribution is 2.23. The third kappa shape index (κ3) is 37.1. The minimum absolute atomic E-state index is 0.0191. The maximum absolute atomic E-state index is 9.25. The van der Waals surface area contributed by atoms with E-state index in [9.17, 15) is 14.4 Å². The van der Waals surface area contributed by atoms with E-state index in [0.717, 1.165) is 24.6 Å². The number of hydrogen-bond acceptors (Lipinski definition) is 9. The highest BCUT2D eigenvalue weighted by atomic mass is 16.5. The predicted octanol–water partition coefficient (Wildman–Crippen LogP) is 0.181. The van der Waals surface area contributed by atoms with E-state index in [1.54, 1.807) is 0 Å². The summed E-state index contributed by atoms with van der Waals surface area (Å²) in [5.41, 5.74) is -0.306. The second-order valence-corrected chi connectivity index (χ2v) is 5.81. The second kappa shape index (κ2) is 29.4. The predicted molar refractivity (Wildman–Crippen MR) is 120 cm³/mol. The molecule has 0 saturated carbocycles. The lowest BCUT2D eigenvalue weighted by atomic mass is 9.88. The van der Waals surface area contributed by atoms with E-state index in [0.29, 0.717) is 19.8 Å². The first-order chi connectivity index (χ1) is 15.6. The zero-order valence-corrected chi connectivity index (χ0v) is 19.1. The summed E-state index contributed by atoms with van der Waals surface area (Å²) in [4.78, 5) is 27.8. The van der Waals surface area contributed by atoms with Crippen LogP contribution >= 0.6 is 0 Å². The van der Waals surface area contributed by atoms with E-state index in [2.05, 4.69) is 19.7 Å². The standard InChI is InChI=1S/C12H26O6.3C3H4O2/c1-2-12(9-16-6-3-13,10-17-7-4-14)11-18-8-5-15;3*1-2-3(4)5/h13-15H,2-11H2,1H3;3*2H,1H2,(H,4,5). The Labute approximate surface area is 194 Å². The molecular formula is C21H38O12. The number of carboxylic acids is 3. The van der Waals surface area contributed by atoms with Gasteiger partial charge in [-0.1, -0.05) is 26.7 Å². The molecule has 0 aliphatic heterocycles. The van der Waals surface area contributed by atoms with Crippen molar-refractivity contribution < 1.29 is 59.2 Å². The van der Waals surface area contributed by atoms with Gasteiger partial charge in [0.2, 0.25) is 0 Å². The number of carbonyl (C=O) groups is 3. The Kier molecular flexibility index (Phi) is 33.6. The Bertz CT molecular complexity index is 450. The van der Waals surface area contributed by atoms with Crippen molar-refractivity contribution in [1.82, 2.24) is 0 Å². The van der Waals surface area contributed by atoms with E-state index in [-0.39, 0.29) is 45.1 Å². The maximum Gasteiger partial charge on any atom is 0.327 e. The van der Waals surface area contributed by atoms with Gasteiger partial charge < -0.3 is 44.8 Å². The van der Waals surface area contributed by atoms with Gasteiger partial charge in [0.1, 0.15) is 0 Å². The number of aliphatic hydroxyl groups excluding tert-OH is 3. The van der Waals surface area contributed by atoms with Crippen molar-refractivity contribution in [3.8, 4) is 0 Å². The normalized spacial score (nSPS) is 9.45. The zero-order valence-electron chi connectivity index (χ0n) is 19.1. The lowest BCUT2D eigenvalue weighted by molar-refractivity contribution is -0.132. The molecule has 0 saturated heterocycles. The Balaban J connectivity index is -0.000000226. The number of hydrogen-bond donors (Lipinski definition) is 6. The number of ether oxygens (including phenoxy) is 3. The first kappa shape index (κ1) is 37.7. The largest absolute Gasteiger partial charge is 0.478 e. The molecule has 0 aliphatic carbocycles. The van der Waals surface area contributed by atoms with Crippen LogP contribution in [0.1, 0.15) is 13.3 Å². The first-order valence-corrected chi connectivity index (χ1v) is 9.68. The van der Waals surface area contributed by atoms with Crippen molar-refractivity contribution in [2.75, 3.05) is 59.5 Å². The van der Waals surface area contributed by atoms with E-state index in [4.69, 9.17) is 44.8 Å². The Morgan fingerprint density at radius 2 is 0.879 bits per heavy atom. The Morgan fingerprint density at radius 3 is 1.00 bits per heavy atom. The van der Waals surface area contributed by atoms with Gasteiger partial charge in [-0.05, 0) is 6.42 Å². The molecule has 0 atom stereocenters. The van der Waals surface area contributed by atoms with Crippen LogP contribution in [0.15, 0.2) is 38.0 Å². The quantitative estimate of drug-likeness (QED) is 0.129. The van der Waals surface area contributed by atoms with Gasteiger partial charge in [0.25, 0.3) is 0 Å². The molecule has 12 nitrogen and oxygen atoms in total. The van der Waals surface area contributed by atoms with E-state index in [1.807, 2.05) is 6.92 Å². The summed E-state index contributed by atoms with van der Waals surface area (Å²) >= 11 is 0. The van der Waals surface area contributed by atoms with Gasteiger partial charge in [-0.25, -0.2) is 14.4 Å². The summed E-state index contributed by atoms with van der Waals surface area (Å²) in [5, 5.41) is 48.9. The average Bonchev–Trinajstić information content (AvgIpc) is 2.80. The SMILES string of the molecule is C=CC(=O)O.C=CC(=O)O.C=CC(=O)O.CCC(COCCO)(COCCO)COCCO. The van der Waals surface area contributed by atoms with Crippen LogP contribution in [0.2, 0.25) is 0 Å². The fourth-order valence-electron chi connectivity index (χ4n) is 1.49.